The maximum Gasteiger partial charge on any atom is 0.341 e. The van der Waals surface area contributed by atoms with Crippen LogP contribution in [-0.4, -0.2) is 38.3 Å². The molecule has 1 N–H and O–H groups in total. The molecule has 0 spiro atoms. The van der Waals surface area contributed by atoms with E-state index in [1.165, 1.54) is 20.3 Å². The molecular weight excluding hydrogens is 298 g/mol. The summed E-state index contributed by atoms with van der Waals surface area (Å²) in [5.41, 5.74) is -0.172. The number of nitrogens with one attached hydrogen (secondary N) is 1. The van der Waals surface area contributed by atoms with Crippen LogP contribution in [0.5, 0.6) is 5.75 Å². The van der Waals surface area contributed by atoms with E-state index in [1.54, 1.807) is 19.1 Å². The lowest BCUT2D eigenvalue weighted by Crippen LogP contribution is -2.42. The molecule has 0 saturated heterocycles. The molecule has 0 aliphatic rings. The number of carbonyl (C=O) groups excluding carboxylic acids is 2. The summed E-state index contributed by atoms with van der Waals surface area (Å²) in [7, 11) is 2.76. The third-order valence-electron chi connectivity index (χ3n) is 3.53. The van der Waals surface area contributed by atoms with E-state index in [0.29, 0.717) is 24.5 Å². The van der Waals surface area contributed by atoms with Crippen LogP contribution in [0.1, 0.15) is 44.0 Å². The summed E-state index contributed by atoms with van der Waals surface area (Å²) in [6.45, 7) is 6.05. The minimum Gasteiger partial charge on any atom is -0.496 e. The number of hydrogen-bond donors (Lipinski definition) is 1. The Kier molecular flexibility index (Phi) is 7.03. The molecule has 128 valence electrons. The second kappa shape index (κ2) is 8.53. The van der Waals surface area contributed by atoms with Crippen molar-refractivity contribution in [3.8, 4) is 5.75 Å². The molecule has 1 amide bonds. The van der Waals surface area contributed by atoms with Crippen LogP contribution in [0.25, 0.3) is 0 Å². The van der Waals surface area contributed by atoms with Crippen molar-refractivity contribution in [2.45, 2.75) is 39.2 Å². The second-order valence-corrected chi connectivity index (χ2v) is 5.27. The van der Waals surface area contributed by atoms with Crippen LogP contribution < -0.4 is 10.1 Å². The van der Waals surface area contributed by atoms with Crippen LogP contribution >= 0.6 is 0 Å². The fourth-order valence-electron chi connectivity index (χ4n) is 2.37. The Morgan fingerprint density at radius 2 is 1.91 bits per heavy atom. The average Bonchev–Trinajstić information content (AvgIpc) is 2.54. The summed E-state index contributed by atoms with van der Waals surface area (Å²) in [5.74, 6) is -0.391. The lowest BCUT2D eigenvalue weighted by molar-refractivity contribution is -0.139. The van der Waals surface area contributed by atoms with Crippen LogP contribution in [-0.2, 0) is 14.3 Å². The van der Waals surface area contributed by atoms with Crippen molar-refractivity contribution in [3.63, 3.8) is 0 Å². The molecule has 1 aromatic carbocycles. The topological polar surface area (TPSA) is 73.9 Å². The number of benzene rings is 1. The van der Waals surface area contributed by atoms with E-state index in [1.807, 2.05) is 13.8 Å². The lowest BCUT2D eigenvalue weighted by Gasteiger charge is -2.28. The van der Waals surface area contributed by atoms with E-state index in [-0.39, 0.29) is 11.5 Å². The Hall–Kier alpha value is -2.08. The van der Waals surface area contributed by atoms with Crippen LogP contribution in [0.2, 0.25) is 0 Å². The normalized spacial score (nSPS) is 13.1. The SMILES string of the molecule is CCC[C@](C)(OCC)C(=O)Nc1ccc(OC)c(C(=O)OC)c1. The number of hydrogen-bond acceptors (Lipinski definition) is 5. The van der Waals surface area contributed by atoms with Crippen molar-refractivity contribution in [1.82, 2.24) is 0 Å². The highest BCUT2D eigenvalue weighted by Crippen LogP contribution is 2.25. The first-order chi connectivity index (χ1) is 10.9. The molecule has 0 saturated carbocycles. The molecule has 0 unspecified atom stereocenters. The van der Waals surface area contributed by atoms with Gasteiger partial charge in [0.2, 0.25) is 0 Å². The molecule has 1 atom stereocenters. The van der Waals surface area contributed by atoms with Crippen LogP contribution in [0.4, 0.5) is 5.69 Å². The van der Waals surface area contributed by atoms with Gasteiger partial charge in [0.25, 0.3) is 5.91 Å². The van der Waals surface area contributed by atoms with Gasteiger partial charge in [-0.05, 0) is 38.5 Å². The van der Waals surface area contributed by atoms with E-state index >= 15 is 0 Å². The third kappa shape index (κ3) is 4.69. The number of esters is 1. The minimum atomic E-state index is -0.908. The minimum absolute atomic E-state index is 0.248. The zero-order chi connectivity index (χ0) is 17.5. The lowest BCUT2D eigenvalue weighted by atomic mass is 9.99. The fraction of sp³-hybridized carbons (Fsp3) is 0.529. The van der Waals surface area contributed by atoms with Crippen molar-refractivity contribution in [2.24, 2.45) is 0 Å². The molecule has 0 bridgehead atoms. The molecule has 23 heavy (non-hydrogen) atoms. The Balaban J connectivity index is 3.03. The molecule has 6 heteroatoms. The summed E-state index contributed by atoms with van der Waals surface area (Å²) in [6, 6.07) is 4.81. The van der Waals surface area contributed by atoms with Gasteiger partial charge in [-0.2, -0.15) is 0 Å². The molecule has 0 heterocycles. The van der Waals surface area contributed by atoms with Gasteiger partial charge >= 0.3 is 5.97 Å². The molecule has 0 radical (unpaired) electrons. The number of rotatable bonds is 8. The number of amides is 1. The largest absolute Gasteiger partial charge is 0.496 e. The monoisotopic (exact) mass is 323 g/mol. The smallest absolute Gasteiger partial charge is 0.341 e. The number of carbonyl (C=O) groups is 2. The van der Waals surface area contributed by atoms with Crippen molar-refractivity contribution >= 4 is 17.6 Å². The highest BCUT2D eigenvalue weighted by Gasteiger charge is 2.33. The van der Waals surface area contributed by atoms with Gasteiger partial charge in [0.05, 0.1) is 14.2 Å². The predicted octanol–water partition coefficient (Wildman–Crippen LogP) is 3.02. The second-order valence-electron chi connectivity index (χ2n) is 5.27. The molecule has 6 nitrogen and oxygen atoms in total. The molecule has 0 fully saturated rings. The van der Waals surface area contributed by atoms with Crippen LogP contribution in [0.3, 0.4) is 0 Å². The van der Waals surface area contributed by atoms with Gasteiger partial charge in [-0.25, -0.2) is 4.79 Å². The summed E-state index contributed by atoms with van der Waals surface area (Å²) in [6.07, 6.45) is 1.42. The maximum absolute atomic E-state index is 12.5. The zero-order valence-corrected chi connectivity index (χ0v) is 14.4. The number of ether oxygens (including phenoxy) is 3. The Labute approximate surface area is 137 Å². The van der Waals surface area contributed by atoms with E-state index in [2.05, 4.69) is 5.32 Å². The van der Waals surface area contributed by atoms with Gasteiger partial charge in [0.1, 0.15) is 16.9 Å². The first-order valence-corrected chi connectivity index (χ1v) is 7.63. The number of anilines is 1. The van der Waals surface area contributed by atoms with E-state index in [9.17, 15) is 9.59 Å². The van der Waals surface area contributed by atoms with Crippen molar-refractivity contribution in [3.05, 3.63) is 23.8 Å². The predicted molar refractivity (Wildman–Crippen MR) is 87.9 cm³/mol. The Bertz CT molecular complexity index is 550. The first kappa shape index (κ1) is 19.0. The average molecular weight is 323 g/mol. The van der Waals surface area contributed by atoms with Gasteiger partial charge in [0.15, 0.2) is 0 Å². The zero-order valence-electron chi connectivity index (χ0n) is 14.4. The standard InChI is InChI=1S/C17H25NO5/c1-6-10-17(3,23-7-2)16(20)18-12-8-9-14(21-4)13(11-12)15(19)22-5/h8-9,11H,6-7,10H2,1-5H3,(H,18,20)/t17-/m0/s1. The number of methoxy groups -OCH3 is 2. The maximum atomic E-state index is 12.5. The van der Waals surface area contributed by atoms with Crippen molar-refractivity contribution < 1.29 is 23.8 Å². The first-order valence-electron chi connectivity index (χ1n) is 7.63. The molecule has 0 aliphatic heterocycles. The van der Waals surface area contributed by atoms with Crippen LogP contribution in [0.15, 0.2) is 18.2 Å². The molecule has 0 aromatic heterocycles. The summed E-state index contributed by atoms with van der Waals surface area (Å²) >= 11 is 0. The van der Waals surface area contributed by atoms with Gasteiger partial charge in [-0.1, -0.05) is 13.3 Å². The third-order valence-corrected chi connectivity index (χ3v) is 3.53. The van der Waals surface area contributed by atoms with Crippen LogP contribution in [0, 0.1) is 0 Å². The molecule has 1 rings (SSSR count). The van der Waals surface area contributed by atoms with E-state index < -0.39 is 11.6 Å². The van der Waals surface area contributed by atoms with Gasteiger partial charge in [-0.3, -0.25) is 4.79 Å². The van der Waals surface area contributed by atoms with Crippen molar-refractivity contribution in [1.29, 1.82) is 0 Å². The summed E-state index contributed by atoms with van der Waals surface area (Å²) < 4.78 is 15.5. The quantitative estimate of drug-likeness (QED) is 0.744. The van der Waals surface area contributed by atoms with Gasteiger partial charge < -0.3 is 19.5 Å². The van der Waals surface area contributed by atoms with Gasteiger partial charge in [0, 0.05) is 12.3 Å². The van der Waals surface area contributed by atoms with Gasteiger partial charge in [-0.15, -0.1) is 0 Å². The van der Waals surface area contributed by atoms with E-state index in [4.69, 9.17) is 14.2 Å². The van der Waals surface area contributed by atoms with Crippen molar-refractivity contribution in [2.75, 3.05) is 26.1 Å². The Morgan fingerprint density at radius 3 is 2.43 bits per heavy atom. The Morgan fingerprint density at radius 1 is 1.22 bits per heavy atom. The van der Waals surface area contributed by atoms with E-state index in [0.717, 1.165) is 6.42 Å². The fourth-order valence-corrected chi connectivity index (χ4v) is 2.37. The molecule has 0 aliphatic carbocycles. The molecule has 1 aromatic rings. The highest BCUT2D eigenvalue weighted by atomic mass is 16.5. The molecular formula is C17H25NO5. The highest BCUT2D eigenvalue weighted by molar-refractivity contribution is 5.99. The summed E-state index contributed by atoms with van der Waals surface area (Å²) in [4.78, 5) is 24.3. The summed E-state index contributed by atoms with van der Waals surface area (Å²) in [5, 5.41) is 2.80.